The van der Waals surface area contributed by atoms with Gasteiger partial charge in [0.25, 0.3) is 0 Å². The van der Waals surface area contributed by atoms with Crippen LogP contribution in [0.15, 0.2) is 5.16 Å². The van der Waals surface area contributed by atoms with Crippen LogP contribution in [0.5, 0.6) is 0 Å². The van der Waals surface area contributed by atoms with Crippen molar-refractivity contribution in [1.82, 2.24) is 4.90 Å². The highest BCUT2D eigenvalue weighted by molar-refractivity contribution is 6.01. The van der Waals surface area contributed by atoms with E-state index in [4.69, 9.17) is 10.9 Å². The number of carbonyl (C=O) groups is 1. The second-order valence-corrected chi connectivity index (χ2v) is 6.13. The number of oxime groups is 1. The average molecular weight is 267 g/mol. The highest BCUT2D eigenvalue weighted by Gasteiger charge is 2.37. The quantitative estimate of drug-likeness (QED) is 0.347. The third-order valence-corrected chi connectivity index (χ3v) is 4.98. The van der Waals surface area contributed by atoms with E-state index in [2.05, 4.69) is 5.16 Å². The molecule has 1 atom stereocenters. The minimum atomic E-state index is -0.523. The molecule has 19 heavy (non-hydrogen) atoms. The number of likely N-dealkylation sites (tertiary alicyclic amines) is 1. The van der Waals surface area contributed by atoms with E-state index in [-0.39, 0.29) is 11.7 Å². The van der Waals surface area contributed by atoms with Gasteiger partial charge in [-0.05, 0) is 38.0 Å². The summed E-state index contributed by atoms with van der Waals surface area (Å²) >= 11 is 0. The minimum absolute atomic E-state index is 0.00273. The second kappa shape index (κ2) is 5.80. The molecule has 2 rings (SSSR count). The summed E-state index contributed by atoms with van der Waals surface area (Å²) < 4.78 is 0. The number of amides is 1. The van der Waals surface area contributed by atoms with Gasteiger partial charge in [0, 0.05) is 13.1 Å². The van der Waals surface area contributed by atoms with E-state index in [9.17, 15) is 4.79 Å². The van der Waals surface area contributed by atoms with Crippen molar-refractivity contribution in [3.05, 3.63) is 0 Å². The molecule has 3 N–H and O–H groups in total. The minimum Gasteiger partial charge on any atom is -0.409 e. The normalized spacial score (nSPS) is 25.3. The van der Waals surface area contributed by atoms with Gasteiger partial charge in [0.2, 0.25) is 5.91 Å². The van der Waals surface area contributed by atoms with Crippen LogP contribution in [-0.2, 0) is 4.79 Å². The highest BCUT2D eigenvalue weighted by Crippen LogP contribution is 2.44. The molecule has 0 bridgehead atoms. The van der Waals surface area contributed by atoms with Gasteiger partial charge in [0.05, 0.1) is 5.92 Å². The maximum atomic E-state index is 12.2. The number of nitrogens with zero attached hydrogens (tertiary/aromatic N) is 2. The van der Waals surface area contributed by atoms with Gasteiger partial charge >= 0.3 is 0 Å². The lowest BCUT2D eigenvalue weighted by molar-refractivity contribution is -0.135. The van der Waals surface area contributed by atoms with Crippen LogP contribution in [0.1, 0.15) is 51.9 Å². The highest BCUT2D eigenvalue weighted by atomic mass is 16.4. The molecule has 2 aliphatic rings. The van der Waals surface area contributed by atoms with Crippen LogP contribution in [0.2, 0.25) is 0 Å². The second-order valence-electron chi connectivity index (χ2n) is 6.13. The monoisotopic (exact) mass is 267 g/mol. The molecule has 1 aliphatic heterocycles. The SMILES string of the molecule is CC(C(=O)N1CCC2(CCCCC2)CC1)C(N)=NO. The van der Waals surface area contributed by atoms with Gasteiger partial charge in [0.15, 0.2) is 5.84 Å². The molecule has 5 heteroatoms. The predicted octanol–water partition coefficient (Wildman–Crippen LogP) is 1.94. The smallest absolute Gasteiger partial charge is 0.233 e. The van der Waals surface area contributed by atoms with E-state index in [0.717, 1.165) is 25.9 Å². The van der Waals surface area contributed by atoms with E-state index in [1.807, 2.05) is 4.90 Å². The number of piperidine rings is 1. The molecule has 0 radical (unpaired) electrons. The van der Waals surface area contributed by atoms with Gasteiger partial charge in [-0.2, -0.15) is 0 Å². The molecule has 1 heterocycles. The number of rotatable bonds is 2. The van der Waals surface area contributed by atoms with Crippen LogP contribution >= 0.6 is 0 Å². The molecule has 1 amide bonds. The fourth-order valence-electron chi connectivity index (χ4n) is 3.49. The molecular weight excluding hydrogens is 242 g/mol. The Morgan fingerprint density at radius 3 is 2.32 bits per heavy atom. The zero-order chi connectivity index (χ0) is 13.9. The maximum absolute atomic E-state index is 12.2. The first-order chi connectivity index (χ1) is 9.08. The molecule has 1 spiro atoms. The summed E-state index contributed by atoms with van der Waals surface area (Å²) in [6, 6.07) is 0. The molecule has 1 unspecified atom stereocenters. The summed E-state index contributed by atoms with van der Waals surface area (Å²) in [4.78, 5) is 14.1. The Kier molecular flexibility index (Phi) is 4.32. The van der Waals surface area contributed by atoms with Crippen LogP contribution in [0.3, 0.4) is 0 Å². The zero-order valence-corrected chi connectivity index (χ0v) is 11.8. The lowest BCUT2D eigenvalue weighted by atomic mass is 9.68. The average Bonchev–Trinajstić information content (AvgIpc) is 2.46. The fourth-order valence-corrected chi connectivity index (χ4v) is 3.49. The van der Waals surface area contributed by atoms with Crippen molar-refractivity contribution in [2.24, 2.45) is 22.2 Å². The van der Waals surface area contributed by atoms with Crippen molar-refractivity contribution < 1.29 is 10.0 Å². The standard InChI is InChI=1S/C14H25N3O2/c1-11(12(15)16-19)13(18)17-9-7-14(8-10-17)5-3-2-4-6-14/h11,19H,2-10H2,1H3,(H2,15,16). The van der Waals surface area contributed by atoms with E-state index in [1.54, 1.807) is 6.92 Å². The fraction of sp³-hybridized carbons (Fsp3) is 0.857. The molecule has 0 aromatic heterocycles. The van der Waals surface area contributed by atoms with Crippen molar-refractivity contribution >= 4 is 11.7 Å². The molecule has 2 fully saturated rings. The molecule has 0 aromatic carbocycles. The number of amidine groups is 1. The lowest BCUT2D eigenvalue weighted by Gasteiger charge is -2.44. The molecule has 1 saturated heterocycles. The number of hydrogen-bond acceptors (Lipinski definition) is 3. The molecule has 108 valence electrons. The predicted molar refractivity (Wildman–Crippen MR) is 73.9 cm³/mol. The molecule has 5 nitrogen and oxygen atoms in total. The van der Waals surface area contributed by atoms with E-state index in [0.29, 0.717) is 5.41 Å². The summed E-state index contributed by atoms with van der Waals surface area (Å²) in [6.07, 6.45) is 8.92. The van der Waals surface area contributed by atoms with Gasteiger partial charge in [-0.25, -0.2) is 0 Å². The van der Waals surface area contributed by atoms with Crippen LogP contribution in [0.4, 0.5) is 0 Å². The summed E-state index contributed by atoms with van der Waals surface area (Å²) in [5, 5.41) is 11.6. The van der Waals surface area contributed by atoms with Crippen molar-refractivity contribution in [1.29, 1.82) is 0 Å². The first kappa shape index (κ1) is 14.2. The van der Waals surface area contributed by atoms with E-state index >= 15 is 0 Å². The van der Waals surface area contributed by atoms with Crippen LogP contribution in [0, 0.1) is 11.3 Å². The molecule has 1 saturated carbocycles. The van der Waals surface area contributed by atoms with Crippen LogP contribution < -0.4 is 5.73 Å². The topological polar surface area (TPSA) is 78.9 Å². The number of carbonyl (C=O) groups excluding carboxylic acids is 1. The Hall–Kier alpha value is -1.26. The Labute approximate surface area is 114 Å². The van der Waals surface area contributed by atoms with Crippen molar-refractivity contribution in [3.8, 4) is 0 Å². The first-order valence-corrected chi connectivity index (χ1v) is 7.34. The van der Waals surface area contributed by atoms with Crippen molar-refractivity contribution in [2.75, 3.05) is 13.1 Å². The Balaban J connectivity index is 1.90. The van der Waals surface area contributed by atoms with Gasteiger partial charge in [-0.15, -0.1) is 0 Å². The van der Waals surface area contributed by atoms with E-state index in [1.165, 1.54) is 32.1 Å². The maximum Gasteiger partial charge on any atom is 0.233 e. The Bertz CT molecular complexity index is 352. The summed E-state index contributed by atoms with van der Waals surface area (Å²) in [5.41, 5.74) is 6.01. The lowest BCUT2D eigenvalue weighted by Crippen LogP contribution is -2.47. The molecular formula is C14H25N3O2. The largest absolute Gasteiger partial charge is 0.409 e. The van der Waals surface area contributed by atoms with Crippen molar-refractivity contribution in [2.45, 2.75) is 51.9 Å². The first-order valence-electron chi connectivity index (χ1n) is 7.34. The van der Waals surface area contributed by atoms with Gasteiger partial charge in [-0.1, -0.05) is 24.4 Å². The number of nitrogens with two attached hydrogens (primary N) is 1. The third-order valence-electron chi connectivity index (χ3n) is 4.98. The van der Waals surface area contributed by atoms with Crippen LogP contribution in [-0.4, -0.2) is 34.9 Å². The van der Waals surface area contributed by atoms with Gasteiger partial charge in [0.1, 0.15) is 0 Å². The van der Waals surface area contributed by atoms with Crippen LogP contribution in [0.25, 0.3) is 0 Å². The molecule has 1 aliphatic carbocycles. The Morgan fingerprint density at radius 2 is 1.79 bits per heavy atom. The zero-order valence-electron chi connectivity index (χ0n) is 11.8. The summed E-state index contributed by atoms with van der Waals surface area (Å²) in [7, 11) is 0. The summed E-state index contributed by atoms with van der Waals surface area (Å²) in [6.45, 7) is 3.34. The number of hydrogen-bond donors (Lipinski definition) is 2. The third kappa shape index (κ3) is 3.01. The molecule has 0 aromatic rings. The van der Waals surface area contributed by atoms with E-state index < -0.39 is 5.92 Å². The van der Waals surface area contributed by atoms with Gasteiger partial charge < -0.3 is 15.8 Å². The summed E-state index contributed by atoms with van der Waals surface area (Å²) in [5.74, 6) is -0.533. The van der Waals surface area contributed by atoms with Gasteiger partial charge in [-0.3, -0.25) is 4.79 Å². The van der Waals surface area contributed by atoms with Crippen molar-refractivity contribution in [3.63, 3.8) is 0 Å². The Morgan fingerprint density at radius 1 is 1.21 bits per heavy atom.